The van der Waals surface area contributed by atoms with Crippen molar-refractivity contribution >= 4 is 5.97 Å². The van der Waals surface area contributed by atoms with Gasteiger partial charge in [-0.2, -0.15) is 0 Å². The summed E-state index contributed by atoms with van der Waals surface area (Å²) in [7, 11) is 1.42. The second kappa shape index (κ2) is 7.45. The number of methoxy groups -OCH3 is 1. The average Bonchev–Trinajstić information content (AvgIpc) is 2.54. The van der Waals surface area contributed by atoms with E-state index in [0.29, 0.717) is 23.5 Å². The van der Waals surface area contributed by atoms with E-state index in [2.05, 4.69) is 0 Å². The summed E-state index contributed by atoms with van der Waals surface area (Å²) in [6.07, 6.45) is 0. The van der Waals surface area contributed by atoms with Crippen LogP contribution in [0.25, 0.3) is 0 Å². The Morgan fingerprint density at radius 1 is 1.14 bits per heavy atom. The normalized spacial score (nSPS) is 10.1. The third kappa shape index (κ3) is 3.97. The van der Waals surface area contributed by atoms with Crippen LogP contribution in [0.4, 0.5) is 4.39 Å². The van der Waals surface area contributed by atoms with E-state index in [0.717, 1.165) is 0 Å². The van der Waals surface area contributed by atoms with Gasteiger partial charge >= 0.3 is 5.97 Å². The van der Waals surface area contributed by atoms with Gasteiger partial charge in [-0.1, -0.05) is 6.07 Å². The van der Waals surface area contributed by atoms with Crippen molar-refractivity contribution in [1.82, 2.24) is 0 Å². The molecule has 2 aromatic carbocycles. The van der Waals surface area contributed by atoms with Gasteiger partial charge in [0.2, 0.25) is 0 Å². The number of halogens is 1. The molecule has 4 nitrogen and oxygen atoms in total. The molecule has 0 unspecified atom stereocenters. The first-order valence-electron chi connectivity index (χ1n) is 6.86. The van der Waals surface area contributed by atoms with Crippen LogP contribution in [0.2, 0.25) is 0 Å². The Morgan fingerprint density at radius 2 is 1.86 bits per heavy atom. The highest BCUT2D eigenvalue weighted by atomic mass is 19.1. The molecule has 5 heteroatoms. The molecule has 0 radical (unpaired) electrons. The Kier molecular flexibility index (Phi) is 5.36. The van der Waals surface area contributed by atoms with Gasteiger partial charge in [0.15, 0.2) is 11.6 Å². The monoisotopic (exact) mass is 304 g/mol. The van der Waals surface area contributed by atoms with Crippen LogP contribution in [0, 0.1) is 5.82 Å². The molecule has 0 aliphatic rings. The largest absolute Gasteiger partial charge is 0.494 e. The molecule has 0 aromatic heterocycles. The second-order valence-corrected chi connectivity index (χ2v) is 4.50. The fraction of sp³-hybridized carbons (Fsp3) is 0.235. The lowest BCUT2D eigenvalue weighted by atomic mass is 10.2. The number of hydrogen-bond donors (Lipinski definition) is 0. The number of carbonyl (C=O) groups excluding carboxylic acids is 1. The van der Waals surface area contributed by atoms with E-state index in [1.54, 1.807) is 43.3 Å². The van der Waals surface area contributed by atoms with Crippen LogP contribution in [-0.4, -0.2) is 19.7 Å². The SMILES string of the molecule is CCOC(=O)c1ccc(OCc2ccc(OC)c(F)c2)cc1. The van der Waals surface area contributed by atoms with Crippen LogP contribution in [0.5, 0.6) is 11.5 Å². The summed E-state index contributed by atoms with van der Waals surface area (Å²) in [6.45, 7) is 2.31. The van der Waals surface area contributed by atoms with Crippen molar-refractivity contribution in [2.24, 2.45) is 0 Å². The summed E-state index contributed by atoms with van der Waals surface area (Å²) < 4.78 is 28.9. The zero-order valence-electron chi connectivity index (χ0n) is 12.5. The molecular formula is C17H17FO4. The number of benzene rings is 2. The molecule has 0 aliphatic heterocycles. The Morgan fingerprint density at radius 3 is 2.45 bits per heavy atom. The summed E-state index contributed by atoms with van der Waals surface area (Å²) in [5.74, 6) is -0.0145. The van der Waals surface area contributed by atoms with Gasteiger partial charge < -0.3 is 14.2 Å². The third-order valence-corrected chi connectivity index (χ3v) is 2.99. The van der Waals surface area contributed by atoms with Gasteiger partial charge in [-0.3, -0.25) is 0 Å². The maximum atomic E-state index is 13.6. The Labute approximate surface area is 128 Å². The van der Waals surface area contributed by atoms with E-state index < -0.39 is 5.82 Å². The first kappa shape index (κ1) is 15.8. The van der Waals surface area contributed by atoms with Crippen molar-refractivity contribution in [1.29, 1.82) is 0 Å². The van der Waals surface area contributed by atoms with E-state index in [9.17, 15) is 9.18 Å². The molecule has 2 aromatic rings. The van der Waals surface area contributed by atoms with Crippen LogP contribution in [0.1, 0.15) is 22.8 Å². The molecule has 0 saturated heterocycles. The van der Waals surface area contributed by atoms with Crippen molar-refractivity contribution in [3.63, 3.8) is 0 Å². The van der Waals surface area contributed by atoms with Gasteiger partial charge in [0.25, 0.3) is 0 Å². The predicted octanol–water partition coefficient (Wildman–Crippen LogP) is 3.59. The molecule has 0 atom stereocenters. The Hall–Kier alpha value is -2.56. The van der Waals surface area contributed by atoms with Crippen LogP contribution in [0.15, 0.2) is 42.5 Å². The number of hydrogen-bond acceptors (Lipinski definition) is 4. The van der Waals surface area contributed by atoms with Gasteiger partial charge in [0.1, 0.15) is 12.4 Å². The zero-order chi connectivity index (χ0) is 15.9. The molecular weight excluding hydrogens is 287 g/mol. The first-order valence-corrected chi connectivity index (χ1v) is 6.86. The van der Waals surface area contributed by atoms with Crippen molar-refractivity contribution in [3.8, 4) is 11.5 Å². The molecule has 22 heavy (non-hydrogen) atoms. The van der Waals surface area contributed by atoms with Gasteiger partial charge in [0, 0.05) is 0 Å². The molecule has 2 rings (SSSR count). The van der Waals surface area contributed by atoms with E-state index in [4.69, 9.17) is 14.2 Å². The summed E-state index contributed by atoms with van der Waals surface area (Å²) >= 11 is 0. The Bertz CT molecular complexity index is 638. The molecule has 0 saturated carbocycles. The fourth-order valence-electron chi connectivity index (χ4n) is 1.87. The molecule has 0 aliphatic carbocycles. The minimum atomic E-state index is -0.429. The van der Waals surface area contributed by atoms with Crippen molar-refractivity contribution in [2.75, 3.05) is 13.7 Å². The van der Waals surface area contributed by atoms with Gasteiger partial charge in [-0.05, 0) is 48.9 Å². The summed E-state index contributed by atoms with van der Waals surface area (Å²) in [6, 6.07) is 11.3. The van der Waals surface area contributed by atoms with E-state index >= 15 is 0 Å². The minimum Gasteiger partial charge on any atom is -0.494 e. The first-order chi connectivity index (χ1) is 10.6. The maximum absolute atomic E-state index is 13.6. The van der Waals surface area contributed by atoms with E-state index in [1.165, 1.54) is 13.2 Å². The standard InChI is InChI=1S/C17H17FO4/c1-3-21-17(19)13-5-7-14(8-6-13)22-11-12-4-9-16(20-2)15(18)10-12/h4-10H,3,11H2,1-2H3. The fourth-order valence-corrected chi connectivity index (χ4v) is 1.87. The lowest BCUT2D eigenvalue weighted by molar-refractivity contribution is 0.0526. The highest BCUT2D eigenvalue weighted by Gasteiger charge is 2.07. The molecule has 0 spiro atoms. The quantitative estimate of drug-likeness (QED) is 0.765. The summed E-state index contributed by atoms with van der Waals surface area (Å²) in [4.78, 5) is 11.5. The van der Waals surface area contributed by atoms with Gasteiger partial charge in [-0.25, -0.2) is 9.18 Å². The highest BCUT2D eigenvalue weighted by molar-refractivity contribution is 5.89. The predicted molar refractivity (Wildman–Crippen MR) is 79.7 cm³/mol. The van der Waals surface area contributed by atoms with Crippen molar-refractivity contribution in [3.05, 3.63) is 59.4 Å². The van der Waals surface area contributed by atoms with Crippen molar-refractivity contribution < 1.29 is 23.4 Å². The van der Waals surface area contributed by atoms with Crippen LogP contribution in [0.3, 0.4) is 0 Å². The minimum absolute atomic E-state index is 0.197. The molecule has 0 amide bonds. The second-order valence-electron chi connectivity index (χ2n) is 4.50. The number of ether oxygens (including phenoxy) is 3. The van der Waals surface area contributed by atoms with E-state index in [-0.39, 0.29) is 18.3 Å². The molecule has 0 heterocycles. The number of carbonyl (C=O) groups is 1. The topological polar surface area (TPSA) is 44.8 Å². The maximum Gasteiger partial charge on any atom is 0.338 e. The summed E-state index contributed by atoms with van der Waals surface area (Å²) in [5.41, 5.74) is 1.15. The molecule has 116 valence electrons. The van der Waals surface area contributed by atoms with E-state index in [1.807, 2.05) is 0 Å². The van der Waals surface area contributed by atoms with Crippen LogP contribution >= 0.6 is 0 Å². The van der Waals surface area contributed by atoms with Crippen LogP contribution < -0.4 is 9.47 Å². The smallest absolute Gasteiger partial charge is 0.338 e. The zero-order valence-corrected chi connectivity index (χ0v) is 12.5. The van der Waals surface area contributed by atoms with Crippen molar-refractivity contribution in [2.45, 2.75) is 13.5 Å². The van der Waals surface area contributed by atoms with Crippen LogP contribution in [-0.2, 0) is 11.3 Å². The third-order valence-electron chi connectivity index (χ3n) is 2.99. The molecule has 0 fully saturated rings. The summed E-state index contributed by atoms with van der Waals surface area (Å²) in [5, 5.41) is 0. The average molecular weight is 304 g/mol. The number of esters is 1. The lowest BCUT2D eigenvalue weighted by Gasteiger charge is -2.08. The van der Waals surface area contributed by atoms with Gasteiger partial charge in [-0.15, -0.1) is 0 Å². The van der Waals surface area contributed by atoms with Gasteiger partial charge in [0.05, 0.1) is 19.3 Å². The lowest BCUT2D eigenvalue weighted by Crippen LogP contribution is -2.04. The molecule has 0 bridgehead atoms. The number of rotatable bonds is 6. The molecule has 0 N–H and O–H groups in total. The highest BCUT2D eigenvalue weighted by Crippen LogP contribution is 2.19. The Balaban J connectivity index is 1.97.